The van der Waals surface area contributed by atoms with Crippen molar-refractivity contribution in [3.8, 4) is 0 Å². The van der Waals surface area contributed by atoms with Gasteiger partial charge in [-0.05, 0) is 24.8 Å². The molecule has 2 unspecified atom stereocenters. The molecule has 0 amide bonds. The third kappa shape index (κ3) is 2.99. The van der Waals surface area contributed by atoms with Gasteiger partial charge in [0.25, 0.3) is 0 Å². The third-order valence-electron chi connectivity index (χ3n) is 2.77. The molecule has 14 heavy (non-hydrogen) atoms. The van der Waals surface area contributed by atoms with Crippen LogP contribution < -0.4 is 0 Å². The van der Waals surface area contributed by atoms with E-state index in [1.54, 1.807) is 6.92 Å². The fraction of sp³-hybridized carbons (Fsp3) is 0.462. The molecule has 1 aromatic rings. The summed E-state index contributed by atoms with van der Waals surface area (Å²) in [6.45, 7) is 5.85. The van der Waals surface area contributed by atoms with Crippen molar-refractivity contribution in [3.05, 3.63) is 35.9 Å². The predicted octanol–water partition coefficient (Wildman–Crippen LogP) is 3.41. The van der Waals surface area contributed by atoms with Gasteiger partial charge in [0, 0.05) is 5.92 Å². The molecule has 0 aliphatic rings. The van der Waals surface area contributed by atoms with Crippen LogP contribution in [0.1, 0.15) is 38.7 Å². The van der Waals surface area contributed by atoms with Crippen LogP contribution in [0.4, 0.5) is 0 Å². The van der Waals surface area contributed by atoms with Gasteiger partial charge in [-0.15, -0.1) is 0 Å². The third-order valence-corrected chi connectivity index (χ3v) is 2.77. The maximum Gasteiger partial charge on any atom is 0.132 e. The molecule has 0 N–H and O–H groups in total. The van der Waals surface area contributed by atoms with Gasteiger partial charge in [0.1, 0.15) is 5.78 Å². The maximum absolute atomic E-state index is 11.1. The molecule has 0 bridgehead atoms. The van der Waals surface area contributed by atoms with E-state index in [1.807, 2.05) is 25.1 Å². The summed E-state index contributed by atoms with van der Waals surface area (Å²) in [5, 5.41) is 0. The first kappa shape index (κ1) is 11.0. The van der Waals surface area contributed by atoms with Gasteiger partial charge >= 0.3 is 0 Å². The van der Waals surface area contributed by atoms with Crippen LogP contribution in [0.2, 0.25) is 0 Å². The lowest BCUT2D eigenvalue weighted by Crippen LogP contribution is -2.09. The summed E-state index contributed by atoms with van der Waals surface area (Å²) >= 11 is 0. The summed E-state index contributed by atoms with van der Waals surface area (Å²) in [6.07, 6.45) is 0.944. The molecule has 0 saturated carbocycles. The molecule has 0 heterocycles. The number of hydrogen-bond acceptors (Lipinski definition) is 1. The minimum atomic E-state index is 0.171. The lowest BCUT2D eigenvalue weighted by atomic mass is 9.89. The van der Waals surface area contributed by atoms with Gasteiger partial charge in [0.05, 0.1) is 0 Å². The largest absolute Gasteiger partial charge is 0.300 e. The van der Waals surface area contributed by atoms with Gasteiger partial charge in [-0.1, -0.05) is 44.2 Å². The second-order valence-corrected chi connectivity index (χ2v) is 4.06. The molecule has 0 radical (unpaired) electrons. The average molecular weight is 190 g/mol. The van der Waals surface area contributed by atoms with Crippen molar-refractivity contribution in [1.29, 1.82) is 0 Å². The van der Waals surface area contributed by atoms with Gasteiger partial charge in [-0.25, -0.2) is 0 Å². The molecular weight excluding hydrogens is 172 g/mol. The Labute approximate surface area is 86.1 Å². The van der Waals surface area contributed by atoms with Crippen LogP contribution in [-0.2, 0) is 4.79 Å². The predicted molar refractivity (Wildman–Crippen MR) is 59.3 cm³/mol. The fourth-order valence-electron chi connectivity index (χ4n) is 1.61. The van der Waals surface area contributed by atoms with Crippen molar-refractivity contribution in [1.82, 2.24) is 0 Å². The van der Waals surface area contributed by atoms with Crippen LogP contribution in [-0.4, -0.2) is 5.78 Å². The highest BCUT2D eigenvalue weighted by atomic mass is 16.1. The Hall–Kier alpha value is -1.11. The minimum absolute atomic E-state index is 0.171. The first-order valence-corrected chi connectivity index (χ1v) is 5.16. The first-order valence-electron chi connectivity index (χ1n) is 5.16. The molecule has 0 aliphatic heterocycles. The van der Waals surface area contributed by atoms with Crippen LogP contribution >= 0.6 is 0 Å². The molecule has 0 fully saturated rings. The lowest BCUT2D eigenvalue weighted by molar-refractivity contribution is -0.120. The summed E-state index contributed by atoms with van der Waals surface area (Å²) in [5.74, 6) is 0.924. The van der Waals surface area contributed by atoms with Gasteiger partial charge in [-0.2, -0.15) is 0 Å². The first-order chi connectivity index (χ1) is 6.61. The zero-order chi connectivity index (χ0) is 10.6. The molecule has 0 aromatic heterocycles. The quantitative estimate of drug-likeness (QED) is 0.711. The van der Waals surface area contributed by atoms with E-state index in [1.165, 1.54) is 5.56 Å². The monoisotopic (exact) mass is 190 g/mol. The standard InChI is InChI=1S/C13H18O/c1-10(12(3)14)9-11(2)13-7-5-4-6-8-13/h4-8,10-11H,9H2,1-3H3. The number of carbonyl (C=O) groups is 1. The van der Waals surface area contributed by atoms with Gasteiger partial charge in [-0.3, -0.25) is 4.79 Å². The highest BCUT2D eigenvalue weighted by Gasteiger charge is 2.13. The second-order valence-electron chi connectivity index (χ2n) is 4.06. The van der Waals surface area contributed by atoms with E-state index < -0.39 is 0 Å². The van der Waals surface area contributed by atoms with E-state index in [0.29, 0.717) is 5.92 Å². The van der Waals surface area contributed by atoms with E-state index in [9.17, 15) is 4.79 Å². The molecule has 2 atom stereocenters. The van der Waals surface area contributed by atoms with Crippen molar-refractivity contribution in [3.63, 3.8) is 0 Å². The highest BCUT2D eigenvalue weighted by molar-refractivity contribution is 5.77. The van der Waals surface area contributed by atoms with Crippen LogP contribution in [0, 0.1) is 5.92 Å². The van der Waals surface area contributed by atoms with Crippen LogP contribution in [0.25, 0.3) is 0 Å². The summed E-state index contributed by atoms with van der Waals surface area (Å²) in [5.41, 5.74) is 1.32. The Kier molecular flexibility index (Phi) is 3.87. The van der Waals surface area contributed by atoms with Crippen molar-refractivity contribution in [2.45, 2.75) is 33.1 Å². The Balaban J connectivity index is 2.59. The Bertz CT molecular complexity index is 289. The van der Waals surface area contributed by atoms with Crippen LogP contribution in [0.3, 0.4) is 0 Å². The van der Waals surface area contributed by atoms with Crippen LogP contribution in [0.5, 0.6) is 0 Å². The van der Waals surface area contributed by atoms with E-state index >= 15 is 0 Å². The summed E-state index contributed by atoms with van der Waals surface area (Å²) < 4.78 is 0. The number of benzene rings is 1. The smallest absolute Gasteiger partial charge is 0.132 e. The average Bonchev–Trinajstić information content (AvgIpc) is 2.19. The maximum atomic E-state index is 11.1. The van der Waals surface area contributed by atoms with Crippen LogP contribution in [0.15, 0.2) is 30.3 Å². The summed E-state index contributed by atoms with van der Waals surface area (Å²) in [4.78, 5) is 11.1. The fourth-order valence-corrected chi connectivity index (χ4v) is 1.61. The molecule has 0 spiro atoms. The summed E-state index contributed by atoms with van der Waals surface area (Å²) in [7, 11) is 0. The molecule has 1 nitrogen and oxygen atoms in total. The lowest BCUT2D eigenvalue weighted by Gasteiger charge is -2.15. The molecule has 0 saturated heterocycles. The SMILES string of the molecule is CC(=O)C(C)CC(C)c1ccccc1. The van der Waals surface area contributed by atoms with Crippen molar-refractivity contribution >= 4 is 5.78 Å². The molecular formula is C13H18O. The highest BCUT2D eigenvalue weighted by Crippen LogP contribution is 2.23. The van der Waals surface area contributed by atoms with Gasteiger partial charge in [0.2, 0.25) is 0 Å². The van der Waals surface area contributed by atoms with Gasteiger partial charge < -0.3 is 0 Å². The minimum Gasteiger partial charge on any atom is -0.300 e. The molecule has 0 aliphatic carbocycles. The molecule has 1 aromatic carbocycles. The number of rotatable bonds is 4. The second kappa shape index (κ2) is 4.94. The normalized spacial score (nSPS) is 14.8. The van der Waals surface area contributed by atoms with E-state index in [2.05, 4.69) is 19.1 Å². The van der Waals surface area contributed by atoms with E-state index in [-0.39, 0.29) is 11.7 Å². The van der Waals surface area contributed by atoms with Crippen molar-refractivity contribution < 1.29 is 4.79 Å². The van der Waals surface area contributed by atoms with Crippen molar-refractivity contribution in [2.24, 2.45) is 5.92 Å². The van der Waals surface area contributed by atoms with E-state index in [4.69, 9.17) is 0 Å². The zero-order valence-corrected chi connectivity index (χ0v) is 9.16. The topological polar surface area (TPSA) is 17.1 Å². The van der Waals surface area contributed by atoms with Gasteiger partial charge in [0.15, 0.2) is 0 Å². The van der Waals surface area contributed by atoms with E-state index in [0.717, 1.165) is 6.42 Å². The number of ketones is 1. The molecule has 1 rings (SSSR count). The number of Topliss-reactive ketones (excluding diaryl/α,β-unsaturated/α-hetero) is 1. The number of carbonyl (C=O) groups excluding carboxylic acids is 1. The summed E-state index contributed by atoms with van der Waals surface area (Å²) in [6, 6.07) is 10.4. The Morgan fingerprint density at radius 3 is 2.29 bits per heavy atom. The number of hydrogen-bond donors (Lipinski definition) is 0. The van der Waals surface area contributed by atoms with Crippen molar-refractivity contribution in [2.75, 3.05) is 0 Å². The Morgan fingerprint density at radius 1 is 1.21 bits per heavy atom. The zero-order valence-electron chi connectivity index (χ0n) is 9.16. The Morgan fingerprint density at radius 2 is 1.79 bits per heavy atom. The molecule has 1 heteroatoms. The molecule has 76 valence electrons.